The number of benzene rings is 1. The van der Waals surface area contributed by atoms with Gasteiger partial charge < -0.3 is 34.0 Å². The molecule has 0 spiro atoms. The fourth-order valence-corrected chi connectivity index (χ4v) is 3.93. The van der Waals surface area contributed by atoms with Gasteiger partial charge in [-0.05, 0) is 19.4 Å². The smallest absolute Gasteiger partial charge is 0.387 e. The summed E-state index contributed by atoms with van der Waals surface area (Å²) in [4.78, 5) is 50.0. The van der Waals surface area contributed by atoms with Gasteiger partial charge in [0.05, 0.1) is 26.1 Å². The number of nitrogens with two attached hydrogens (primary N) is 1. The van der Waals surface area contributed by atoms with E-state index in [2.05, 4.69) is 20.4 Å². The highest BCUT2D eigenvalue weighted by Crippen LogP contribution is 2.49. The van der Waals surface area contributed by atoms with Crippen LogP contribution in [0.2, 0.25) is 0 Å². The van der Waals surface area contributed by atoms with Crippen LogP contribution in [0.1, 0.15) is 19.4 Å². The van der Waals surface area contributed by atoms with Crippen LogP contribution < -0.4 is 16.8 Å². The molecule has 3 rings (SSSR count). The number of aromatic amines is 1. The van der Waals surface area contributed by atoms with E-state index in [0.29, 0.717) is 5.56 Å². The van der Waals surface area contributed by atoms with Crippen molar-refractivity contribution in [3.05, 3.63) is 52.6 Å². The normalized spacial score (nSPS) is 14.9. The monoisotopic (exact) mass is 510 g/mol. The molecule has 15 heteroatoms. The molecule has 2 heterocycles. The number of fused-ring (bicyclic) bond motifs is 1. The molecule has 0 amide bonds. The van der Waals surface area contributed by atoms with Crippen LogP contribution in [-0.2, 0) is 41.3 Å². The van der Waals surface area contributed by atoms with Gasteiger partial charge in [0.1, 0.15) is 6.04 Å². The average Bonchev–Trinajstić information content (AvgIpc) is 3.22. The number of nitrogens with one attached hydrogen (secondary N) is 2. The van der Waals surface area contributed by atoms with Crippen molar-refractivity contribution in [2.75, 3.05) is 18.9 Å². The molecule has 35 heavy (non-hydrogen) atoms. The van der Waals surface area contributed by atoms with Crippen LogP contribution in [-0.4, -0.2) is 55.7 Å². The predicted molar refractivity (Wildman–Crippen MR) is 124 cm³/mol. The number of H-pyrrole nitrogens is 1. The lowest BCUT2D eigenvalue weighted by atomic mass is 10.2. The van der Waals surface area contributed by atoms with E-state index in [4.69, 9.17) is 24.6 Å². The van der Waals surface area contributed by atoms with Gasteiger partial charge in [-0.2, -0.15) is 10.5 Å². The summed E-state index contributed by atoms with van der Waals surface area (Å²) < 4.78 is 30.3. The maximum atomic E-state index is 12.9. The molecule has 0 aliphatic rings. The van der Waals surface area contributed by atoms with Gasteiger partial charge in [0, 0.05) is 6.54 Å². The molecule has 3 atom stereocenters. The van der Waals surface area contributed by atoms with Crippen molar-refractivity contribution in [3.8, 4) is 0 Å². The summed E-state index contributed by atoms with van der Waals surface area (Å²) in [5, 5.41) is 0. The summed E-state index contributed by atoms with van der Waals surface area (Å²) in [7, 11) is -4.76. The number of carbonyl (C=O) groups excluding carboxylic acids is 1. The van der Waals surface area contributed by atoms with Gasteiger partial charge in [-0.1, -0.05) is 30.3 Å². The Morgan fingerprint density at radius 3 is 2.77 bits per heavy atom. The van der Waals surface area contributed by atoms with Crippen molar-refractivity contribution >= 4 is 30.7 Å². The Morgan fingerprint density at radius 2 is 2.06 bits per heavy atom. The maximum absolute atomic E-state index is 12.9. The standard InChI is InChI=1S/C20H27N6O8P/c1-3-33-25-13(2)18(28)34-35(29,30)20(32-11-14-7-5-4-6-8-14)31-10-9-26-12-22-15-16(26)23-19(21)24-17(15)27/h4-8,12-13,20,25H,3,9-11H2,1-2H3,(H,29,30)(H3,21,23,24,27)/t13-,20?/m1/s1. The molecule has 3 aromatic rings. The number of nitrogen functional groups attached to an aromatic ring is 1. The van der Waals surface area contributed by atoms with Crippen LogP contribution in [0.4, 0.5) is 5.95 Å². The Morgan fingerprint density at radius 1 is 1.31 bits per heavy atom. The molecule has 0 radical (unpaired) electrons. The SMILES string of the molecule is CCON[C@H](C)C(=O)OP(=O)(O)C(OCCn1cnc2c(=O)[nH]c(N)nc21)OCc1ccccc1. The predicted octanol–water partition coefficient (Wildman–Crippen LogP) is 0.877. The Balaban J connectivity index is 1.71. The third-order valence-electron chi connectivity index (χ3n) is 4.57. The number of hydrogen-bond acceptors (Lipinski definition) is 11. The molecule has 0 bridgehead atoms. The summed E-state index contributed by atoms with van der Waals surface area (Å²) in [5.74, 6) is -1.11. The first-order valence-corrected chi connectivity index (χ1v) is 12.3. The third kappa shape index (κ3) is 7.18. The largest absolute Gasteiger partial charge is 0.434 e. The van der Waals surface area contributed by atoms with E-state index in [1.165, 1.54) is 17.8 Å². The topological polar surface area (TPSA) is 193 Å². The van der Waals surface area contributed by atoms with Crippen molar-refractivity contribution in [3.63, 3.8) is 0 Å². The highest BCUT2D eigenvalue weighted by atomic mass is 31.2. The first-order chi connectivity index (χ1) is 16.7. The average molecular weight is 510 g/mol. The molecule has 0 aliphatic carbocycles. The quantitative estimate of drug-likeness (QED) is 0.144. The van der Waals surface area contributed by atoms with Crippen molar-refractivity contribution in [1.29, 1.82) is 0 Å². The molecular formula is C20H27N6O8P. The Hall–Kier alpha value is -3.13. The molecule has 0 saturated carbocycles. The van der Waals surface area contributed by atoms with Crippen LogP contribution >= 0.6 is 7.60 Å². The number of rotatable bonds is 13. The summed E-state index contributed by atoms with van der Waals surface area (Å²) in [6.07, 6.45) is 1.36. The van der Waals surface area contributed by atoms with Gasteiger partial charge in [-0.15, -0.1) is 0 Å². The van der Waals surface area contributed by atoms with Crippen molar-refractivity contribution < 1.29 is 33.1 Å². The van der Waals surface area contributed by atoms with Gasteiger partial charge in [0.15, 0.2) is 11.2 Å². The van der Waals surface area contributed by atoms with E-state index in [0.717, 1.165) is 0 Å². The second-order valence-electron chi connectivity index (χ2n) is 7.28. The van der Waals surface area contributed by atoms with E-state index < -0.39 is 31.2 Å². The van der Waals surface area contributed by atoms with E-state index >= 15 is 0 Å². The van der Waals surface area contributed by atoms with Crippen molar-refractivity contribution in [2.24, 2.45) is 0 Å². The second-order valence-corrected chi connectivity index (χ2v) is 9.02. The highest BCUT2D eigenvalue weighted by molar-refractivity contribution is 7.53. The summed E-state index contributed by atoms with van der Waals surface area (Å²) in [6, 6.07) is 6.07. The van der Waals surface area contributed by atoms with Gasteiger partial charge in [-0.3, -0.25) is 9.78 Å². The molecule has 0 aliphatic heterocycles. The number of aromatic nitrogens is 4. The third-order valence-corrected chi connectivity index (χ3v) is 5.84. The molecule has 1 aromatic carbocycles. The Labute approximate surface area is 199 Å². The molecule has 0 saturated heterocycles. The minimum Gasteiger partial charge on any atom is -0.387 e. The van der Waals surface area contributed by atoms with Crippen LogP contribution in [0.5, 0.6) is 0 Å². The number of ether oxygens (including phenoxy) is 2. The minimum absolute atomic E-state index is 0.0772. The van der Waals surface area contributed by atoms with E-state index in [1.54, 1.807) is 31.2 Å². The zero-order valence-electron chi connectivity index (χ0n) is 19.1. The van der Waals surface area contributed by atoms with Gasteiger partial charge >= 0.3 is 13.6 Å². The lowest BCUT2D eigenvalue weighted by Crippen LogP contribution is -2.36. The molecular weight excluding hydrogens is 483 g/mol. The number of carbonyl (C=O) groups is 1. The molecule has 0 fully saturated rings. The van der Waals surface area contributed by atoms with Gasteiger partial charge in [0.2, 0.25) is 5.95 Å². The lowest BCUT2D eigenvalue weighted by molar-refractivity contribution is -0.146. The van der Waals surface area contributed by atoms with E-state index in [1.807, 2.05) is 6.07 Å². The van der Waals surface area contributed by atoms with Gasteiger partial charge in [-0.25, -0.2) is 14.3 Å². The number of hydroxylamine groups is 1. The number of nitrogens with zero attached hydrogens (tertiary/aromatic N) is 3. The fraction of sp³-hybridized carbons (Fsp3) is 0.400. The van der Waals surface area contributed by atoms with Gasteiger partial charge in [0.25, 0.3) is 11.6 Å². The van der Waals surface area contributed by atoms with E-state index in [-0.39, 0.29) is 43.5 Å². The number of imidazole rings is 1. The molecule has 14 nitrogen and oxygen atoms in total. The first kappa shape index (κ1) is 26.5. The highest BCUT2D eigenvalue weighted by Gasteiger charge is 2.39. The van der Waals surface area contributed by atoms with Crippen LogP contribution in [0.25, 0.3) is 11.2 Å². The van der Waals surface area contributed by atoms with E-state index in [9.17, 15) is 19.0 Å². The molecule has 190 valence electrons. The van der Waals surface area contributed by atoms with Crippen LogP contribution in [0, 0.1) is 0 Å². The zero-order chi connectivity index (χ0) is 25.4. The lowest BCUT2D eigenvalue weighted by Gasteiger charge is -2.24. The summed E-state index contributed by atoms with van der Waals surface area (Å²) in [6.45, 7) is 3.20. The maximum Gasteiger partial charge on any atom is 0.434 e. The Kier molecular flexibility index (Phi) is 9.09. The number of hydrogen-bond donors (Lipinski definition) is 4. The summed E-state index contributed by atoms with van der Waals surface area (Å²) in [5.41, 5.74) is 8.48. The number of anilines is 1. The van der Waals surface area contributed by atoms with Crippen LogP contribution in [0.3, 0.4) is 0 Å². The Bertz CT molecular complexity index is 1230. The van der Waals surface area contributed by atoms with Crippen molar-refractivity contribution in [1.82, 2.24) is 25.0 Å². The molecule has 2 unspecified atom stereocenters. The van der Waals surface area contributed by atoms with Crippen LogP contribution in [0.15, 0.2) is 41.5 Å². The molecule has 5 N–H and O–H groups in total. The van der Waals surface area contributed by atoms with Crippen molar-refractivity contribution in [2.45, 2.75) is 39.1 Å². The first-order valence-electron chi connectivity index (χ1n) is 10.6. The summed E-state index contributed by atoms with van der Waals surface area (Å²) >= 11 is 0. The molecule has 2 aromatic heterocycles. The second kappa shape index (κ2) is 12.0. The zero-order valence-corrected chi connectivity index (χ0v) is 20.0. The fourth-order valence-electron chi connectivity index (χ4n) is 2.87. The minimum atomic E-state index is -4.76.